The summed E-state index contributed by atoms with van der Waals surface area (Å²) in [4.78, 5) is 4.82. The molecule has 0 N–H and O–H groups in total. The molecule has 4 aromatic rings. The molecule has 2 aromatic heterocycles. The van der Waals surface area contributed by atoms with Gasteiger partial charge in [-0.2, -0.15) is 0 Å². The molecule has 170 valence electrons. The van der Waals surface area contributed by atoms with Crippen LogP contribution in [0.4, 0.5) is 0 Å². The van der Waals surface area contributed by atoms with E-state index in [-0.39, 0.29) is 6.10 Å². The number of ether oxygens (including phenoxy) is 1. The summed E-state index contributed by atoms with van der Waals surface area (Å²) in [5, 5.41) is 13.7. The molecule has 0 saturated carbocycles. The fourth-order valence-electron chi connectivity index (χ4n) is 3.27. The van der Waals surface area contributed by atoms with E-state index < -0.39 is 0 Å². The zero-order chi connectivity index (χ0) is 23.4. The summed E-state index contributed by atoms with van der Waals surface area (Å²) in [5.41, 5.74) is 3.40. The van der Waals surface area contributed by atoms with Crippen molar-refractivity contribution in [1.82, 2.24) is 19.7 Å². The van der Waals surface area contributed by atoms with Gasteiger partial charge in [0.2, 0.25) is 0 Å². The maximum atomic E-state index is 6.26. The maximum Gasteiger partial charge on any atom is 0.192 e. The molecule has 0 aliphatic carbocycles. The minimum atomic E-state index is -0.364. The Balaban J connectivity index is 1.49. The van der Waals surface area contributed by atoms with Crippen molar-refractivity contribution in [2.24, 2.45) is 0 Å². The van der Waals surface area contributed by atoms with Crippen LogP contribution in [-0.4, -0.2) is 19.7 Å². The molecule has 0 fully saturated rings. The molecule has 0 bridgehead atoms. The number of thioether (sulfide) groups is 1. The third kappa shape index (κ3) is 5.61. The lowest BCUT2D eigenvalue weighted by molar-refractivity contribution is 0.210. The van der Waals surface area contributed by atoms with Gasteiger partial charge >= 0.3 is 0 Å². The average molecular weight is 518 g/mol. The highest BCUT2D eigenvalue weighted by Gasteiger charge is 2.20. The normalized spacial score (nSPS) is 12.0. The SMILES string of the molecule is C=CCn1c(SCc2csc(-c3ccccc3C)n2)nnc1C(C)Oc1ccc(Cl)cc1Cl. The third-order valence-corrected chi connectivity index (χ3v) is 7.35. The quantitative estimate of drug-likeness (QED) is 0.169. The highest BCUT2D eigenvalue weighted by atomic mass is 35.5. The standard InChI is InChI=1S/C24H22Cl2N4OS2/c1-4-11-30-22(16(3)31-21-10-9-17(25)12-20(21)26)28-29-24(30)33-14-18-13-32-23(27-18)19-8-6-5-7-15(19)2/h4-10,12-13,16H,1,11,14H2,2-3H3. The smallest absolute Gasteiger partial charge is 0.192 e. The van der Waals surface area contributed by atoms with Gasteiger partial charge in [-0.15, -0.1) is 28.1 Å². The third-order valence-electron chi connectivity index (χ3n) is 4.89. The number of benzene rings is 2. The zero-order valence-electron chi connectivity index (χ0n) is 18.2. The van der Waals surface area contributed by atoms with Crippen molar-refractivity contribution in [3.05, 3.63) is 87.6 Å². The molecule has 0 radical (unpaired) electrons. The molecule has 0 amide bonds. The van der Waals surface area contributed by atoms with Crippen molar-refractivity contribution in [3.63, 3.8) is 0 Å². The summed E-state index contributed by atoms with van der Waals surface area (Å²) in [5.74, 6) is 1.93. The Morgan fingerprint density at radius 1 is 1.21 bits per heavy atom. The summed E-state index contributed by atoms with van der Waals surface area (Å²) < 4.78 is 8.05. The van der Waals surface area contributed by atoms with E-state index in [1.165, 1.54) is 11.1 Å². The summed E-state index contributed by atoms with van der Waals surface area (Å²) in [6.07, 6.45) is 1.45. The van der Waals surface area contributed by atoms with Gasteiger partial charge < -0.3 is 4.74 Å². The lowest BCUT2D eigenvalue weighted by Gasteiger charge is -2.16. The monoisotopic (exact) mass is 516 g/mol. The van der Waals surface area contributed by atoms with Crippen molar-refractivity contribution in [3.8, 4) is 16.3 Å². The number of aromatic nitrogens is 4. The Morgan fingerprint density at radius 2 is 2.03 bits per heavy atom. The van der Waals surface area contributed by atoms with Crippen molar-refractivity contribution in [2.75, 3.05) is 0 Å². The minimum absolute atomic E-state index is 0.364. The number of hydrogen-bond acceptors (Lipinski definition) is 6. The molecule has 0 aliphatic heterocycles. The number of aryl methyl sites for hydroxylation is 1. The summed E-state index contributed by atoms with van der Waals surface area (Å²) in [7, 11) is 0. The first kappa shape index (κ1) is 23.8. The molecule has 2 heterocycles. The summed E-state index contributed by atoms with van der Waals surface area (Å²) in [6, 6.07) is 13.4. The van der Waals surface area contributed by atoms with E-state index in [0.717, 1.165) is 15.9 Å². The van der Waals surface area contributed by atoms with E-state index in [2.05, 4.69) is 41.2 Å². The largest absolute Gasteiger partial charge is 0.481 e. The van der Waals surface area contributed by atoms with E-state index in [0.29, 0.717) is 33.9 Å². The predicted octanol–water partition coefficient (Wildman–Crippen LogP) is 7.64. The van der Waals surface area contributed by atoms with Gasteiger partial charge in [-0.05, 0) is 37.6 Å². The van der Waals surface area contributed by atoms with Crippen LogP contribution in [0.15, 0.2) is 65.7 Å². The summed E-state index contributed by atoms with van der Waals surface area (Å²) >= 11 is 15.5. The van der Waals surface area contributed by atoms with Gasteiger partial charge in [-0.1, -0.05) is 65.3 Å². The van der Waals surface area contributed by atoms with Gasteiger partial charge in [0.25, 0.3) is 0 Å². The van der Waals surface area contributed by atoms with Gasteiger partial charge in [-0.3, -0.25) is 4.57 Å². The van der Waals surface area contributed by atoms with Gasteiger partial charge in [0.1, 0.15) is 10.8 Å². The van der Waals surface area contributed by atoms with Gasteiger partial charge in [-0.25, -0.2) is 4.98 Å². The second-order valence-corrected chi connectivity index (χ2v) is 9.97. The number of rotatable bonds is 9. The number of nitrogens with zero attached hydrogens (tertiary/aromatic N) is 4. The fourth-order valence-corrected chi connectivity index (χ4v) is 5.59. The van der Waals surface area contributed by atoms with Crippen LogP contribution in [0, 0.1) is 6.92 Å². The van der Waals surface area contributed by atoms with Crippen LogP contribution in [0.2, 0.25) is 10.0 Å². The lowest BCUT2D eigenvalue weighted by Crippen LogP contribution is -2.12. The Labute approximate surface area is 211 Å². The molecular formula is C24H22Cl2N4OS2. The Kier molecular flexibility index (Phi) is 7.75. The number of thiazole rings is 1. The van der Waals surface area contributed by atoms with E-state index in [1.807, 2.05) is 29.7 Å². The number of hydrogen-bond donors (Lipinski definition) is 0. The minimum Gasteiger partial charge on any atom is -0.481 e. The van der Waals surface area contributed by atoms with E-state index >= 15 is 0 Å². The molecule has 0 saturated heterocycles. The van der Waals surface area contributed by atoms with Crippen LogP contribution in [0.1, 0.15) is 30.1 Å². The lowest BCUT2D eigenvalue weighted by atomic mass is 10.1. The fraction of sp³-hybridized carbons (Fsp3) is 0.208. The van der Waals surface area contributed by atoms with Crippen LogP contribution < -0.4 is 4.74 Å². The van der Waals surface area contributed by atoms with Crippen molar-refractivity contribution in [1.29, 1.82) is 0 Å². The molecule has 1 unspecified atom stereocenters. The predicted molar refractivity (Wildman–Crippen MR) is 138 cm³/mol. The van der Waals surface area contributed by atoms with Crippen molar-refractivity contribution < 1.29 is 4.74 Å². The average Bonchev–Trinajstić information content (AvgIpc) is 3.42. The molecule has 1 atom stereocenters. The van der Waals surface area contributed by atoms with Crippen LogP contribution in [0.5, 0.6) is 5.75 Å². The molecule has 4 rings (SSSR count). The van der Waals surface area contributed by atoms with E-state index in [1.54, 1.807) is 41.3 Å². The molecule has 9 heteroatoms. The Bertz CT molecular complexity index is 1270. The maximum absolute atomic E-state index is 6.26. The Hall–Kier alpha value is -2.32. The van der Waals surface area contributed by atoms with Crippen molar-refractivity contribution in [2.45, 2.75) is 37.4 Å². The molecule has 2 aromatic carbocycles. The highest BCUT2D eigenvalue weighted by Crippen LogP contribution is 2.33. The first-order chi connectivity index (χ1) is 16.0. The van der Waals surface area contributed by atoms with Crippen LogP contribution >= 0.6 is 46.3 Å². The second-order valence-electron chi connectivity index (χ2n) is 7.32. The molecule has 0 aliphatic rings. The van der Waals surface area contributed by atoms with E-state index in [4.69, 9.17) is 32.9 Å². The highest BCUT2D eigenvalue weighted by molar-refractivity contribution is 7.98. The van der Waals surface area contributed by atoms with Crippen LogP contribution in [-0.2, 0) is 12.3 Å². The Morgan fingerprint density at radius 3 is 2.79 bits per heavy atom. The first-order valence-corrected chi connectivity index (χ1v) is 12.9. The molecule has 0 spiro atoms. The molecular weight excluding hydrogens is 495 g/mol. The number of halogens is 2. The topological polar surface area (TPSA) is 52.8 Å². The summed E-state index contributed by atoms with van der Waals surface area (Å²) in [6.45, 7) is 8.46. The zero-order valence-corrected chi connectivity index (χ0v) is 21.3. The molecule has 33 heavy (non-hydrogen) atoms. The van der Waals surface area contributed by atoms with Gasteiger partial charge in [0, 0.05) is 28.3 Å². The van der Waals surface area contributed by atoms with Crippen molar-refractivity contribution >= 4 is 46.3 Å². The van der Waals surface area contributed by atoms with Crippen LogP contribution in [0.25, 0.3) is 10.6 Å². The second kappa shape index (κ2) is 10.7. The van der Waals surface area contributed by atoms with Gasteiger partial charge in [0.15, 0.2) is 17.1 Å². The first-order valence-electron chi connectivity index (χ1n) is 10.2. The molecule has 5 nitrogen and oxygen atoms in total. The van der Waals surface area contributed by atoms with Crippen LogP contribution in [0.3, 0.4) is 0 Å². The van der Waals surface area contributed by atoms with Gasteiger partial charge in [0.05, 0.1) is 10.7 Å². The van der Waals surface area contributed by atoms with E-state index in [9.17, 15) is 0 Å². The number of allylic oxidation sites excluding steroid dienone is 1.